The largest absolute Gasteiger partial charge is 0.497 e. The first-order valence-electron chi connectivity index (χ1n) is 9.76. The Labute approximate surface area is 171 Å². The number of rotatable bonds is 4. The highest BCUT2D eigenvalue weighted by Crippen LogP contribution is 2.49. The van der Waals surface area contributed by atoms with Crippen molar-refractivity contribution in [2.75, 3.05) is 19.5 Å². The Bertz CT molecular complexity index is 998. The van der Waals surface area contributed by atoms with E-state index in [1.807, 2.05) is 48.5 Å². The fourth-order valence-corrected chi connectivity index (χ4v) is 4.39. The lowest BCUT2D eigenvalue weighted by molar-refractivity contribution is -0.146. The van der Waals surface area contributed by atoms with Gasteiger partial charge in [-0.15, -0.1) is 0 Å². The number of ether oxygens (including phenoxy) is 2. The molecule has 0 bridgehead atoms. The first-order chi connectivity index (χ1) is 14.1. The molecule has 3 aromatic rings. The zero-order chi connectivity index (χ0) is 20.4. The molecule has 0 radical (unpaired) electrons. The smallest absolute Gasteiger partial charge is 0.312 e. The number of hydrogen-bond acceptors (Lipinski definition) is 4. The van der Waals surface area contributed by atoms with E-state index in [0.717, 1.165) is 33.7 Å². The predicted octanol–water partition coefficient (Wildman–Crippen LogP) is 5.09. The minimum Gasteiger partial charge on any atom is -0.497 e. The van der Waals surface area contributed by atoms with Crippen LogP contribution in [0.4, 0.5) is 5.69 Å². The minimum absolute atomic E-state index is 0.129. The summed E-state index contributed by atoms with van der Waals surface area (Å²) in [4.78, 5) is 13.1. The standard InChI is InChI=1S/C25H25NO3/c1-16-8-7-11-20-21(16)22(17-12-14-19(28-2)15-13-17)23(25(27)29-3)24(26-20)18-9-5-4-6-10-18/h4-15,22-24,26H,1-3H3/t22-,23+,24+/m1/s1. The minimum atomic E-state index is -0.399. The van der Waals surface area contributed by atoms with Crippen molar-refractivity contribution < 1.29 is 14.3 Å². The summed E-state index contributed by atoms with van der Waals surface area (Å²) in [7, 11) is 3.12. The SMILES string of the molecule is COC(=O)[C@H]1[C@H](c2ccc(OC)cc2)c2c(C)cccc2N[C@H]1c1ccccc1. The van der Waals surface area contributed by atoms with Crippen LogP contribution in [0.5, 0.6) is 5.75 Å². The van der Waals surface area contributed by atoms with Crippen LogP contribution in [0.15, 0.2) is 72.8 Å². The molecule has 0 unspecified atom stereocenters. The van der Waals surface area contributed by atoms with E-state index in [4.69, 9.17) is 9.47 Å². The normalized spacial score (nSPS) is 20.3. The van der Waals surface area contributed by atoms with E-state index in [2.05, 4.69) is 36.5 Å². The Morgan fingerprint density at radius 3 is 2.24 bits per heavy atom. The van der Waals surface area contributed by atoms with Crippen LogP contribution in [0.1, 0.15) is 34.2 Å². The topological polar surface area (TPSA) is 47.6 Å². The van der Waals surface area contributed by atoms with Crippen molar-refractivity contribution in [3.8, 4) is 5.75 Å². The maximum Gasteiger partial charge on any atom is 0.312 e. The lowest BCUT2D eigenvalue weighted by Crippen LogP contribution is -2.38. The Kier molecular flexibility index (Phi) is 5.26. The molecule has 3 aromatic carbocycles. The molecule has 1 aliphatic rings. The fourth-order valence-electron chi connectivity index (χ4n) is 4.39. The third kappa shape index (κ3) is 3.46. The van der Waals surface area contributed by atoms with E-state index in [9.17, 15) is 4.79 Å². The van der Waals surface area contributed by atoms with Crippen LogP contribution in [0, 0.1) is 12.8 Å². The van der Waals surface area contributed by atoms with Gasteiger partial charge in [-0.25, -0.2) is 0 Å². The highest BCUT2D eigenvalue weighted by Gasteiger charge is 2.44. The average molecular weight is 387 g/mol. The molecule has 0 spiro atoms. The molecule has 0 aliphatic carbocycles. The predicted molar refractivity (Wildman–Crippen MR) is 114 cm³/mol. The fraction of sp³-hybridized carbons (Fsp3) is 0.240. The van der Waals surface area contributed by atoms with Crippen molar-refractivity contribution in [1.29, 1.82) is 0 Å². The second-order valence-electron chi connectivity index (χ2n) is 7.37. The Morgan fingerprint density at radius 2 is 1.59 bits per heavy atom. The monoisotopic (exact) mass is 387 g/mol. The van der Waals surface area contributed by atoms with Crippen LogP contribution in [0.3, 0.4) is 0 Å². The molecule has 0 amide bonds. The van der Waals surface area contributed by atoms with Crippen LogP contribution >= 0.6 is 0 Å². The van der Waals surface area contributed by atoms with Crippen LogP contribution in [0.25, 0.3) is 0 Å². The molecule has 1 heterocycles. The number of carbonyl (C=O) groups is 1. The number of benzene rings is 3. The van der Waals surface area contributed by atoms with Crippen molar-refractivity contribution in [2.24, 2.45) is 5.92 Å². The van der Waals surface area contributed by atoms with Gasteiger partial charge in [-0.3, -0.25) is 4.79 Å². The lowest BCUT2D eigenvalue weighted by atomic mass is 9.71. The van der Waals surface area contributed by atoms with Gasteiger partial charge in [-0.2, -0.15) is 0 Å². The van der Waals surface area contributed by atoms with Crippen molar-refractivity contribution in [2.45, 2.75) is 18.9 Å². The average Bonchev–Trinajstić information content (AvgIpc) is 2.78. The first kappa shape index (κ1) is 19.1. The summed E-state index contributed by atoms with van der Waals surface area (Å²) in [5.41, 5.74) is 5.48. The maximum absolute atomic E-state index is 13.1. The van der Waals surface area contributed by atoms with E-state index in [-0.39, 0.29) is 17.9 Å². The summed E-state index contributed by atoms with van der Waals surface area (Å²) < 4.78 is 10.6. The first-order valence-corrected chi connectivity index (χ1v) is 9.76. The number of aryl methyl sites for hydroxylation is 1. The number of hydrogen-bond donors (Lipinski definition) is 1. The molecule has 4 heteroatoms. The van der Waals surface area contributed by atoms with Gasteiger partial charge < -0.3 is 14.8 Å². The molecule has 1 N–H and O–H groups in total. The molecule has 29 heavy (non-hydrogen) atoms. The molecule has 1 aliphatic heterocycles. The van der Waals surface area contributed by atoms with Crippen LogP contribution in [-0.4, -0.2) is 20.2 Å². The summed E-state index contributed by atoms with van der Waals surface area (Å²) in [5, 5.41) is 3.62. The summed E-state index contributed by atoms with van der Waals surface area (Å²) in [6.45, 7) is 2.09. The second kappa shape index (κ2) is 8.00. The Hall–Kier alpha value is -3.27. The van der Waals surface area contributed by atoms with E-state index < -0.39 is 5.92 Å². The van der Waals surface area contributed by atoms with Crippen molar-refractivity contribution >= 4 is 11.7 Å². The van der Waals surface area contributed by atoms with Gasteiger partial charge in [0.1, 0.15) is 5.75 Å². The maximum atomic E-state index is 13.1. The molecule has 3 atom stereocenters. The van der Waals surface area contributed by atoms with Gasteiger partial charge in [0.2, 0.25) is 0 Å². The summed E-state index contributed by atoms with van der Waals surface area (Å²) in [5.74, 6) is 0.0448. The van der Waals surface area contributed by atoms with E-state index in [1.165, 1.54) is 7.11 Å². The van der Waals surface area contributed by atoms with Gasteiger partial charge in [-0.05, 0) is 47.4 Å². The number of nitrogens with one attached hydrogen (secondary N) is 1. The lowest BCUT2D eigenvalue weighted by Gasteiger charge is -2.40. The van der Waals surface area contributed by atoms with Crippen molar-refractivity contribution in [1.82, 2.24) is 0 Å². The number of anilines is 1. The zero-order valence-electron chi connectivity index (χ0n) is 16.9. The molecule has 0 fully saturated rings. The van der Waals surface area contributed by atoms with Gasteiger partial charge >= 0.3 is 5.97 Å². The van der Waals surface area contributed by atoms with Crippen molar-refractivity contribution in [3.05, 3.63) is 95.1 Å². The van der Waals surface area contributed by atoms with Gasteiger partial charge in [0.15, 0.2) is 0 Å². The molecule has 0 aromatic heterocycles. The van der Waals surface area contributed by atoms with Crippen molar-refractivity contribution in [3.63, 3.8) is 0 Å². The highest BCUT2D eigenvalue weighted by molar-refractivity contribution is 5.80. The van der Waals surface area contributed by atoms with Gasteiger partial charge in [0, 0.05) is 11.6 Å². The van der Waals surface area contributed by atoms with Crippen LogP contribution in [0.2, 0.25) is 0 Å². The summed E-state index contributed by atoms with van der Waals surface area (Å²) >= 11 is 0. The summed E-state index contributed by atoms with van der Waals surface area (Å²) in [6, 6.07) is 24.1. The number of methoxy groups -OCH3 is 2. The molecule has 0 saturated heterocycles. The molecule has 0 saturated carbocycles. The third-order valence-corrected chi connectivity index (χ3v) is 5.77. The Balaban J connectivity index is 1.93. The van der Waals surface area contributed by atoms with E-state index in [0.29, 0.717) is 0 Å². The second-order valence-corrected chi connectivity index (χ2v) is 7.37. The highest BCUT2D eigenvalue weighted by atomic mass is 16.5. The molecule has 4 nitrogen and oxygen atoms in total. The third-order valence-electron chi connectivity index (χ3n) is 5.77. The van der Waals surface area contributed by atoms with Gasteiger partial charge in [0.25, 0.3) is 0 Å². The molecule has 148 valence electrons. The van der Waals surface area contributed by atoms with Gasteiger partial charge in [-0.1, -0.05) is 54.6 Å². The van der Waals surface area contributed by atoms with Crippen LogP contribution < -0.4 is 10.1 Å². The van der Waals surface area contributed by atoms with E-state index in [1.54, 1.807) is 7.11 Å². The number of carbonyl (C=O) groups excluding carboxylic acids is 1. The number of esters is 1. The van der Waals surface area contributed by atoms with Crippen LogP contribution in [-0.2, 0) is 9.53 Å². The Morgan fingerprint density at radius 1 is 0.862 bits per heavy atom. The quantitative estimate of drug-likeness (QED) is 0.634. The molecular formula is C25H25NO3. The zero-order valence-corrected chi connectivity index (χ0v) is 16.9. The van der Waals surface area contributed by atoms with Gasteiger partial charge in [0.05, 0.1) is 26.2 Å². The number of fused-ring (bicyclic) bond motifs is 1. The molecule has 4 rings (SSSR count). The molecular weight excluding hydrogens is 362 g/mol. The summed E-state index contributed by atoms with van der Waals surface area (Å²) in [6.07, 6.45) is 0. The van der Waals surface area contributed by atoms with E-state index >= 15 is 0 Å².